The first-order valence-electron chi connectivity index (χ1n) is 8.88. The van der Waals surface area contributed by atoms with Crippen LogP contribution in [0.2, 0.25) is 10.0 Å². The number of nitrogens with zero attached hydrogens (tertiary/aromatic N) is 1. The first-order chi connectivity index (χ1) is 12.3. The van der Waals surface area contributed by atoms with E-state index in [4.69, 9.17) is 28.9 Å². The van der Waals surface area contributed by atoms with Crippen LogP contribution in [0, 0.1) is 0 Å². The van der Waals surface area contributed by atoms with Crippen molar-refractivity contribution < 1.29 is 18.1 Å². The van der Waals surface area contributed by atoms with Gasteiger partial charge < -0.3 is 10.6 Å². The van der Waals surface area contributed by atoms with Gasteiger partial charge in [-0.15, -0.1) is 0 Å². The molecule has 0 unspecified atom stereocenters. The summed E-state index contributed by atoms with van der Waals surface area (Å²) in [7, 11) is -3.77. The van der Waals surface area contributed by atoms with E-state index in [9.17, 15) is 13.2 Å². The molecule has 0 aliphatic carbocycles. The topological polar surface area (TPSA) is 84.9 Å². The molecule has 1 amide bonds. The maximum absolute atomic E-state index is 13.0. The SMILES string of the molecule is NC(=O)C1([NH+]2CCCCC2)CCN(S(=O)(=O)c2cc(Cl)ccc2Cl)CC1. The zero-order chi connectivity index (χ0) is 18.9. The number of nitrogens with one attached hydrogen (secondary N) is 1. The van der Waals surface area contributed by atoms with Gasteiger partial charge in [0.15, 0.2) is 5.54 Å². The third-order valence-corrected chi connectivity index (χ3v) is 8.31. The van der Waals surface area contributed by atoms with Gasteiger partial charge in [0.2, 0.25) is 10.0 Å². The van der Waals surface area contributed by atoms with Crippen molar-refractivity contribution in [3.05, 3.63) is 28.2 Å². The Hall–Kier alpha value is -0.860. The van der Waals surface area contributed by atoms with E-state index in [2.05, 4.69) is 0 Å². The minimum Gasteiger partial charge on any atom is -0.364 e. The first kappa shape index (κ1) is 19.9. The van der Waals surface area contributed by atoms with Crippen LogP contribution in [0.3, 0.4) is 0 Å². The quantitative estimate of drug-likeness (QED) is 0.763. The summed E-state index contributed by atoms with van der Waals surface area (Å²) in [5, 5.41) is 0.456. The molecule has 2 aliphatic heterocycles. The van der Waals surface area contributed by atoms with E-state index in [0.717, 1.165) is 25.9 Å². The Morgan fingerprint density at radius 3 is 2.31 bits per heavy atom. The molecule has 1 aromatic rings. The second-order valence-corrected chi connectivity index (χ2v) is 9.84. The summed E-state index contributed by atoms with van der Waals surface area (Å²) in [6.45, 7) is 2.32. The number of hydrogen-bond donors (Lipinski definition) is 2. The van der Waals surface area contributed by atoms with Gasteiger partial charge in [-0.05, 0) is 37.5 Å². The van der Waals surface area contributed by atoms with Crippen LogP contribution in [0.1, 0.15) is 32.1 Å². The number of nitrogens with two attached hydrogens (primary N) is 1. The fraction of sp³-hybridized carbons (Fsp3) is 0.588. The molecule has 2 fully saturated rings. The summed E-state index contributed by atoms with van der Waals surface area (Å²) >= 11 is 12.0. The third-order valence-electron chi connectivity index (χ3n) is 5.69. The highest BCUT2D eigenvalue weighted by Crippen LogP contribution is 2.31. The lowest BCUT2D eigenvalue weighted by Crippen LogP contribution is -3.22. The number of sulfonamides is 1. The van der Waals surface area contributed by atoms with Crippen molar-refractivity contribution in [2.75, 3.05) is 26.2 Å². The Morgan fingerprint density at radius 1 is 1.12 bits per heavy atom. The van der Waals surface area contributed by atoms with Gasteiger partial charge in [-0.2, -0.15) is 4.31 Å². The summed E-state index contributed by atoms with van der Waals surface area (Å²) < 4.78 is 27.3. The predicted molar refractivity (Wildman–Crippen MR) is 101 cm³/mol. The van der Waals surface area contributed by atoms with E-state index in [1.165, 1.54) is 27.8 Å². The molecule has 9 heteroatoms. The molecule has 0 aromatic heterocycles. The summed E-state index contributed by atoms with van der Waals surface area (Å²) in [6.07, 6.45) is 4.17. The molecule has 144 valence electrons. The highest BCUT2D eigenvalue weighted by molar-refractivity contribution is 7.89. The molecule has 6 nitrogen and oxygen atoms in total. The lowest BCUT2D eigenvalue weighted by molar-refractivity contribution is -0.948. The second-order valence-electron chi connectivity index (χ2n) is 7.09. The summed E-state index contributed by atoms with van der Waals surface area (Å²) in [5.74, 6) is -0.327. The third kappa shape index (κ3) is 3.60. The van der Waals surface area contributed by atoms with E-state index >= 15 is 0 Å². The van der Waals surface area contributed by atoms with Gasteiger partial charge in [-0.1, -0.05) is 23.2 Å². The number of benzene rings is 1. The Morgan fingerprint density at radius 2 is 1.73 bits per heavy atom. The predicted octanol–water partition coefficient (Wildman–Crippen LogP) is 1.07. The Kier molecular flexibility index (Phi) is 5.84. The first-order valence-corrected chi connectivity index (χ1v) is 11.1. The molecular weight excluding hydrogens is 397 g/mol. The van der Waals surface area contributed by atoms with Crippen molar-refractivity contribution in [1.82, 2.24) is 4.31 Å². The van der Waals surface area contributed by atoms with Gasteiger partial charge in [0, 0.05) is 31.0 Å². The molecular formula is C17H24Cl2N3O3S+. The van der Waals surface area contributed by atoms with Gasteiger partial charge in [0.25, 0.3) is 5.91 Å². The van der Waals surface area contributed by atoms with Crippen LogP contribution in [0.15, 0.2) is 23.1 Å². The Balaban J connectivity index is 1.82. The standard InChI is InChI=1S/C17H23Cl2N3O3S/c18-13-4-5-14(19)15(12-13)26(24,25)22-10-6-17(7-11-22,16(20)23)21-8-2-1-3-9-21/h4-5,12H,1-3,6-11H2,(H2,20,23)/p+1. The minimum atomic E-state index is -3.77. The zero-order valence-corrected chi connectivity index (χ0v) is 16.8. The van der Waals surface area contributed by atoms with Crippen LogP contribution in [-0.4, -0.2) is 50.3 Å². The maximum atomic E-state index is 13.0. The number of primary amides is 1. The van der Waals surface area contributed by atoms with E-state index in [-0.39, 0.29) is 28.9 Å². The number of carbonyl (C=O) groups excluding carboxylic acids is 1. The van der Waals surface area contributed by atoms with Crippen molar-refractivity contribution >= 4 is 39.1 Å². The maximum Gasteiger partial charge on any atom is 0.278 e. The fourth-order valence-corrected chi connectivity index (χ4v) is 6.33. The van der Waals surface area contributed by atoms with E-state index in [0.29, 0.717) is 17.9 Å². The summed E-state index contributed by atoms with van der Waals surface area (Å²) in [6, 6.07) is 4.40. The van der Waals surface area contributed by atoms with E-state index < -0.39 is 15.6 Å². The van der Waals surface area contributed by atoms with Gasteiger partial charge in [0.05, 0.1) is 18.1 Å². The van der Waals surface area contributed by atoms with Gasteiger partial charge in [-0.3, -0.25) is 4.79 Å². The summed E-state index contributed by atoms with van der Waals surface area (Å²) in [4.78, 5) is 13.5. The van der Waals surface area contributed by atoms with Crippen LogP contribution in [0.25, 0.3) is 0 Å². The highest BCUT2D eigenvalue weighted by atomic mass is 35.5. The number of quaternary nitrogens is 1. The van der Waals surface area contributed by atoms with Gasteiger partial charge in [-0.25, -0.2) is 8.42 Å². The average molecular weight is 421 g/mol. The monoisotopic (exact) mass is 420 g/mol. The van der Waals surface area contributed by atoms with Crippen LogP contribution >= 0.6 is 23.2 Å². The number of halogens is 2. The average Bonchev–Trinajstić information content (AvgIpc) is 2.64. The molecule has 2 saturated heterocycles. The van der Waals surface area contributed by atoms with Crippen LogP contribution in [-0.2, 0) is 14.8 Å². The molecule has 0 atom stereocenters. The number of amides is 1. The van der Waals surface area contributed by atoms with Crippen LogP contribution in [0.5, 0.6) is 0 Å². The highest BCUT2D eigenvalue weighted by Gasteiger charge is 2.50. The van der Waals surface area contributed by atoms with Crippen molar-refractivity contribution in [2.45, 2.75) is 42.5 Å². The van der Waals surface area contributed by atoms with Gasteiger partial charge >= 0.3 is 0 Å². The Labute approximate surface area is 164 Å². The largest absolute Gasteiger partial charge is 0.364 e. The lowest BCUT2D eigenvalue weighted by Gasteiger charge is -2.44. The van der Waals surface area contributed by atoms with Crippen molar-refractivity contribution in [2.24, 2.45) is 5.73 Å². The Bertz CT molecular complexity index is 786. The van der Waals surface area contributed by atoms with Gasteiger partial charge in [0.1, 0.15) is 4.90 Å². The van der Waals surface area contributed by atoms with Crippen LogP contribution < -0.4 is 10.6 Å². The number of piperidine rings is 2. The lowest BCUT2D eigenvalue weighted by atomic mass is 9.84. The molecule has 3 rings (SSSR count). The van der Waals surface area contributed by atoms with Crippen LogP contribution in [0.4, 0.5) is 0 Å². The van der Waals surface area contributed by atoms with E-state index in [1.54, 1.807) is 6.07 Å². The molecule has 26 heavy (non-hydrogen) atoms. The molecule has 3 N–H and O–H groups in total. The number of carbonyl (C=O) groups is 1. The summed E-state index contributed by atoms with van der Waals surface area (Å²) in [5.41, 5.74) is 5.10. The molecule has 2 aliphatic rings. The molecule has 0 bridgehead atoms. The second kappa shape index (κ2) is 7.64. The minimum absolute atomic E-state index is 0.00330. The number of likely N-dealkylation sites (tertiary alicyclic amines) is 1. The molecule has 1 aromatic carbocycles. The van der Waals surface area contributed by atoms with Crippen molar-refractivity contribution in [3.8, 4) is 0 Å². The molecule has 0 spiro atoms. The molecule has 2 heterocycles. The van der Waals surface area contributed by atoms with Crippen molar-refractivity contribution in [3.63, 3.8) is 0 Å². The number of hydrogen-bond acceptors (Lipinski definition) is 3. The number of rotatable bonds is 4. The smallest absolute Gasteiger partial charge is 0.278 e. The fourth-order valence-electron chi connectivity index (χ4n) is 4.15. The molecule has 0 radical (unpaired) electrons. The van der Waals surface area contributed by atoms with Crippen molar-refractivity contribution in [1.29, 1.82) is 0 Å². The molecule has 0 saturated carbocycles. The normalized spacial score (nSPS) is 22.2. The zero-order valence-electron chi connectivity index (χ0n) is 14.5. The van der Waals surface area contributed by atoms with E-state index in [1.807, 2.05) is 0 Å².